The fraction of sp³-hybridized carbons (Fsp3) is 1.00. The number of alkyl halides is 3. The molecule has 0 aromatic carbocycles. The van der Waals surface area contributed by atoms with E-state index in [1.54, 1.807) is 0 Å². The van der Waals surface area contributed by atoms with Gasteiger partial charge in [0.05, 0.1) is 6.61 Å². The van der Waals surface area contributed by atoms with E-state index in [0.29, 0.717) is 6.54 Å². The summed E-state index contributed by atoms with van der Waals surface area (Å²) in [5.41, 5.74) is 3.15. The summed E-state index contributed by atoms with van der Waals surface area (Å²) >= 11 is 0. The third-order valence-corrected chi connectivity index (χ3v) is 2.93. The van der Waals surface area contributed by atoms with E-state index >= 15 is 0 Å². The van der Waals surface area contributed by atoms with Crippen molar-refractivity contribution in [1.29, 1.82) is 0 Å². The van der Waals surface area contributed by atoms with E-state index in [9.17, 15) is 13.2 Å². The highest BCUT2D eigenvalue weighted by atomic mass is 19.4. The molecule has 3 fully saturated rings. The minimum Gasteiger partial charge on any atom is -0.365 e. The van der Waals surface area contributed by atoms with Crippen molar-refractivity contribution in [2.24, 2.45) is 11.1 Å². The Morgan fingerprint density at radius 1 is 1.33 bits per heavy atom. The summed E-state index contributed by atoms with van der Waals surface area (Å²) in [4.78, 5) is 0. The molecule has 2 heterocycles. The maximum Gasteiger partial charge on any atom is 0.417 e. The molecule has 0 aromatic heterocycles. The van der Waals surface area contributed by atoms with Gasteiger partial charge in [0, 0.05) is 12.0 Å². The van der Waals surface area contributed by atoms with Crippen LogP contribution in [0.4, 0.5) is 13.2 Å². The second-order valence-electron chi connectivity index (χ2n) is 3.84. The number of halogens is 3. The monoisotopic (exact) mass is 181 g/mol. The molecular formula is C7H10F3NO. The highest BCUT2D eigenvalue weighted by Gasteiger charge is 2.73. The van der Waals surface area contributed by atoms with Crippen LogP contribution in [0.1, 0.15) is 12.8 Å². The zero-order chi connectivity index (χ0) is 9.04. The van der Waals surface area contributed by atoms with Gasteiger partial charge in [-0.2, -0.15) is 13.2 Å². The first-order valence-corrected chi connectivity index (χ1v) is 3.84. The van der Waals surface area contributed by atoms with Crippen LogP contribution in [-0.2, 0) is 4.74 Å². The van der Waals surface area contributed by atoms with Crippen LogP contribution in [0.5, 0.6) is 0 Å². The van der Waals surface area contributed by atoms with Gasteiger partial charge in [-0.1, -0.05) is 0 Å². The van der Waals surface area contributed by atoms with Crippen molar-refractivity contribution in [1.82, 2.24) is 0 Å². The van der Waals surface area contributed by atoms with Crippen molar-refractivity contribution in [2.45, 2.75) is 24.6 Å². The molecule has 3 aliphatic rings. The largest absolute Gasteiger partial charge is 0.417 e. The Hall–Kier alpha value is -0.290. The number of ether oxygens (including phenoxy) is 1. The SMILES string of the molecule is NCC12COC(C(F)(F)F)(C1)C2. The van der Waals surface area contributed by atoms with Crippen LogP contribution in [0.3, 0.4) is 0 Å². The fourth-order valence-electron chi connectivity index (χ4n) is 2.14. The molecule has 0 radical (unpaired) electrons. The molecule has 2 aliphatic heterocycles. The Bertz CT molecular complexity index is 207. The lowest BCUT2D eigenvalue weighted by molar-refractivity contribution is -0.276. The molecule has 70 valence electrons. The van der Waals surface area contributed by atoms with E-state index in [1.165, 1.54) is 0 Å². The lowest BCUT2D eigenvalue weighted by Gasteiger charge is -2.44. The van der Waals surface area contributed by atoms with Crippen LogP contribution in [0, 0.1) is 5.41 Å². The molecule has 2 bridgehead atoms. The van der Waals surface area contributed by atoms with E-state index in [4.69, 9.17) is 10.5 Å². The number of hydrogen-bond acceptors (Lipinski definition) is 2. The standard InChI is InChI=1S/C7H10F3NO/c8-7(9,10)6-1-5(2-6,3-11)4-12-6/h1-4,11H2. The third-order valence-electron chi connectivity index (χ3n) is 2.93. The average molecular weight is 181 g/mol. The quantitative estimate of drug-likeness (QED) is 0.656. The Labute approximate surface area is 67.9 Å². The minimum atomic E-state index is -4.22. The second-order valence-corrected chi connectivity index (χ2v) is 3.84. The van der Waals surface area contributed by atoms with Gasteiger partial charge in [-0.25, -0.2) is 0 Å². The van der Waals surface area contributed by atoms with E-state index < -0.39 is 11.8 Å². The van der Waals surface area contributed by atoms with E-state index in [-0.39, 0.29) is 24.9 Å². The van der Waals surface area contributed by atoms with Crippen molar-refractivity contribution in [2.75, 3.05) is 13.2 Å². The van der Waals surface area contributed by atoms with Gasteiger partial charge in [-0.05, 0) is 12.8 Å². The normalized spacial score (nSPS) is 46.0. The first kappa shape index (κ1) is 8.31. The molecule has 1 saturated carbocycles. The van der Waals surface area contributed by atoms with Gasteiger partial charge in [0.2, 0.25) is 0 Å². The number of rotatable bonds is 1. The predicted octanol–water partition coefficient (Wildman–Crippen LogP) is 1.06. The zero-order valence-electron chi connectivity index (χ0n) is 6.45. The highest BCUT2D eigenvalue weighted by molar-refractivity contribution is 5.14. The van der Waals surface area contributed by atoms with Crippen molar-refractivity contribution < 1.29 is 17.9 Å². The van der Waals surface area contributed by atoms with Gasteiger partial charge in [-0.15, -0.1) is 0 Å². The molecule has 12 heavy (non-hydrogen) atoms. The summed E-state index contributed by atoms with van der Waals surface area (Å²) in [6.45, 7) is 0.466. The number of fused-ring (bicyclic) bond motifs is 1. The molecule has 0 amide bonds. The Morgan fingerprint density at radius 3 is 2.17 bits per heavy atom. The lowest BCUT2D eigenvalue weighted by Crippen LogP contribution is -2.56. The molecule has 5 heteroatoms. The Balaban J connectivity index is 2.14. The van der Waals surface area contributed by atoms with Crippen LogP contribution < -0.4 is 5.73 Å². The smallest absolute Gasteiger partial charge is 0.365 e. The van der Waals surface area contributed by atoms with Crippen molar-refractivity contribution in [3.63, 3.8) is 0 Å². The molecule has 2 N–H and O–H groups in total. The molecule has 1 aliphatic carbocycles. The minimum absolute atomic E-state index is 0.0556. The van der Waals surface area contributed by atoms with Crippen LogP contribution in [0.15, 0.2) is 0 Å². The predicted molar refractivity (Wildman–Crippen MR) is 35.5 cm³/mol. The second kappa shape index (κ2) is 1.96. The first-order chi connectivity index (χ1) is 5.43. The van der Waals surface area contributed by atoms with E-state index in [1.807, 2.05) is 0 Å². The van der Waals surface area contributed by atoms with E-state index in [2.05, 4.69) is 0 Å². The van der Waals surface area contributed by atoms with Gasteiger partial charge in [0.15, 0.2) is 5.60 Å². The van der Waals surface area contributed by atoms with Crippen LogP contribution in [0.25, 0.3) is 0 Å². The van der Waals surface area contributed by atoms with Gasteiger partial charge in [-0.3, -0.25) is 0 Å². The van der Waals surface area contributed by atoms with Crippen LogP contribution in [0.2, 0.25) is 0 Å². The van der Waals surface area contributed by atoms with Crippen LogP contribution in [-0.4, -0.2) is 24.9 Å². The Kier molecular flexibility index (Phi) is 1.36. The molecule has 0 aromatic rings. The highest BCUT2D eigenvalue weighted by Crippen LogP contribution is 2.63. The summed E-state index contributed by atoms with van der Waals surface area (Å²) in [5, 5.41) is 0. The molecule has 0 spiro atoms. The maximum absolute atomic E-state index is 12.3. The van der Waals surface area contributed by atoms with Crippen LogP contribution >= 0.6 is 0 Å². The number of hydrogen-bond donors (Lipinski definition) is 1. The van der Waals surface area contributed by atoms with Crippen molar-refractivity contribution >= 4 is 0 Å². The first-order valence-electron chi connectivity index (χ1n) is 3.84. The van der Waals surface area contributed by atoms with Gasteiger partial charge in [0.25, 0.3) is 0 Å². The molecule has 2 nitrogen and oxygen atoms in total. The summed E-state index contributed by atoms with van der Waals surface area (Å²) in [5.74, 6) is 0. The molecule has 0 atom stereocenters. The third kappa shape index (κ3) is 0.781. The molecule has 3 rings (SSSR count). The lowest BCUT2D eigenvalue weighted by atomic mass is 9.62. The average Bonchev–Trinajstić information content (AvgIpc) is 2.37. The maximum atomic E-state index is 12.3. The van der Waals surface area contributed by atoms with Gasteiger partial charge in [0.1, 0.15) is 0 Å². The van der Waals surface area contributed by atoms with Crippen molar-refractivity contribution in [3.8, 4) is 0 Å². The molecule has 0 unspecified atom stereocenters. The summed E-state index contributed by atoms with van der Waals surface area (Å²) in [6.07, 6.45) is -4.11. The summed E-state index contributed by atoms with van der Waals surface area (Å²) in [7, 11) is 0. The summed E-state index contributed by atoms with van der Waals surface area (Å²) in [6, 6.07) is 0. The summed E-state index contributed by atoms with van der Waals surface area (Å²) < 4.78 is 41.7. The fourth-order valence-corrected chi connectivity index (χ4v) is 2.14. The number of nitrogens with two attached hydrogens (primary N) is 1. The Morgan fingerprint density at radius 2 is 1.92 bits per heavy atom. The van der Waals surface area contributed by atoms with Gasteiger partial charge < -0.3 is 10.5 Å². The van der Waals surface area contributed by atoms with Crippen molar-refractivity contribution in [3.05, 3.63) is 0 Å². The molecule has 2 saturated heterocycles. The van der Waals surface area contributed by atoms with E-state index in [0.717, 1.165) is 0 Å². The zero-order valence-corrected chi connectivity index (χ0v) is 6.45. The topological polar surface area (TPSA) is 35.2 Å². The van der Waals surface area contributed by atoms with Gasteiger partial charge >= 0.3 is 6.18 Å². The molecular weight excluding hydrogens is 171 g/mol.